The zero-order valence-electron chi connectivity index (χ0n) is 11.3. The Morgan fingerprint density at radius 3 is 2.47 bits per heavy atom. The fourth-order valence-electron chi connectivity index (χ4n) is 1.50. The van der Waals surface area contributed by atoms with Gasteiger partial charge >= 0.3 is 5.97 Å². The summed E-state index contributed by atoms with van der Waals surface area (Å²) in [5, 5.41) is 18.9. The number of aromatic carboxylic acids is 1. The molecule has 0 bridgehead atoms. The van der Waals surface area contributed by atoms with Crippen molar-refractivity contribution in [1.29, 1.82) is 0 Å². The summed E-state index contributed by atoms with van der Waals surface area (Å²) in [6.45, 7) is 6.39. The smallest absolute Gasteiger partial charge is 0.356 e. The molecule has 1 amide bonds. The van der Waals surface area contributed by atoms with Crippen molar-refractivity contribution in [2.75, 3.05) is 18.0 Å². The van der Waals surface area contributed by atoms with Gasteiger partial charge in [0.25, 0.3) is 0 Å². The maximum absolute atomic E-state index is 11.7. The number of aromatic nitrogens is 2. The summed E-state index contributed by atoms with van der Waals surface area (Å²) in [5.41, 5.74) is -0.119. The molecular weight excluding hydrogens is 248 g/mol. The predicted molar refractivity (Wildman–Crippen MR) is 70.2 cm³/mol. The molecule has 104 valence electrons. The molecule has 19 heavy (non-hydrogen) atoms. The summed E-state index contributed by atoms with van der Waals surface area (Å²) in [7, 11) is 0. The van der Waals surface area contributed by atoms with Crippen LogP contribution < -0.4 is 10.2 Å². The van der Waals surface area contributed by atoms with Gasteiger partial charge in [-0.25, -0.2) is 4.79 Å². The Hall–Kier alpha value is -2.18. The summed E-state index contributed by atoms with van der Waals surface area (Å²) < 4.78 is 0. The van der Waals surface area contributed by atoms with Crippen LogP contribution in [-0.4, -0.2) is 46.3 Å². The fraction of sp³-hybridized carbons (Fsp3) is 0.500. The van der Waals surface area contributed by atoms with E-state index in [4.69, 9.17) is 5.11 Å². The standard InChI is InChI=1S/C12H18N4O3/c1-4-16(7-11(17)13-8(2)3)10-6-5-9(12(18)19)14-15-10/h5-6,8H,4,7H2,1-3H3,(H,13,17)(H,18,19). The van der Waals surface area contributed by atoms with Crippen molar-refractivity contribution in [3.8, 4) is 0 Å². The number of nitrogens with one attached hydrogen (secondary N) is 1. The van der Waals surface area contributed by atoms with E-state index in [1.807, 2.05) is 20.8 Å². The van der Waals surface area contributed by atoms with Crippen LogP contribution in [0.25, 0.3) is 0 Å². The van der Waals surface area contributed by atoms with E-state index in [0.29, 0.717) is 12.4 Å². The summed E-state index contributed by atoms with van der Waals surface area (Å²) in [6.07, 6.45) is 0. The molecule has 0 radical (unpaired) electrons. The lowest BCUT2D eigenvalue weighted by Crippen LogP contribution is -2.40. The Balaban J connectivity index is 2.74. The van der Waals surface area contributed by atoms with E-state index in [0.717, 1.165) is 0 Å². The number of carbonyl (C=O) groups is 2. The number of anilines is 1. The van der Waals surface area contributed by atoms with Crippen LogP contribution in [0.3, 0.4) is 0 Å². The van der Waals surface area contributed by atoms with Gasteiger partial charge in [0, 0.05) is 12.6 Å². The number of hydrogen-bond acceptors (Lipinski definition) is 5. The Morgan fingerprint density at radius 2 is 2.05 bits per heavy atom. The van der Waals surface area contributed by atoms with Crippen molar-refractivity contribution in [2.24, 2.45) is 0 Å². The van der Waals surface area contributed by atoms with Gasteiger partial charge in [0.1, 0.15) is 0 Å². The van der Waals surface area contributed by atoms with Gasteiger partial charge in [-0.1, -0.05) is 0 Å². The lowest BCUT2D eigenvalue weighted by Gasteiger charge is -2.21. The lowest BCUT2D eigenvalue weighted by molar-refractivity contribution is -0.120. The second kappa shape index (κ2) is 6.67. The highest BCUT2D eigenvalue weighted by Crippen LogP contribution is 2.09. The molecular formula is C12H18N4O3. The van der Waals surface area contributed by atoms with Crippen molar-refractivity contribution in [1.82, 2.24) is 15.5 Å². The topological polar surface area (TPSA) is 95.4 Å². The molecule has 0 fully saturated rings. The third-order valence-corrected chi connectivity index (χ3v) is 2.36. The molecule has 1 heterocycles. The van der Waals surface area contributed by atoms with Crippen molar-refractivity contribution < 1.29 is 14.7 Å². The number of carboxylic acid groups (broad SMARTS) is 1. The molecule has 1 aromatic heterocycles. The molecule has 0 aromatic carbocycles. The van der Waals surface area contributed by atoms with Gasteiger partial charge in [0.2, 0.25) is 5.91 Å². The summed E-state index contributed by atoms with van der Waals surface area (Å²) in [4.78, 5) is 24.1. The van der Waals surface area contributed by atoms with Crippen molar-refractivity contribution in [2.45, 2.75) is 26.8 Å². The molecule has 0 saturated heterocycles. The highest BCUT2D eigenvalue weighted by molar-refractivity contribution is 5.85. The minimum absolute atomic E-state index is 0.0756. The Bertz CT molecular complexity index is 445. The average molecular weight is 266 g/mol. The van der Waals surface area contributed by atoms with E-state index >= 15 is 0 Å². The minimum Gasteiger partial charge on any atom is -0.476 e. The van der Waals surface area contributed by atoms with Crippen molar-refractivity contribution in [3.05, 3.63) is 17.8 Å². The van der Waals surface area contributed by atoms with Gasteiger partial charge in [0.15, 0.2) is 11.5 Å². The summed E-state index contributed by atoms with van der Waals surface area (Å²) in [6, 6.07) is 2.99. The van der Waals surface area contributed by atoms with E-state index in [9.17, 15) is 9.59 Å². The molecule has 7 nitrogen and oxygen atoms in total. The third kappa shape index (κ3) is 4.53. The van der Waals surface area contributed by atoms with Crippen molar-refractivity contribution in [3.63, 3.8) is 0 Å². The molecule has 2 N–H and O–H groups in total. The number of rotatable bonds is 6. The number of likely N-dealkylation sites (N-methyl/N-ethyl adjacent to an activating group) is 1. The summed E-state index contributed by atoms with van der Waals surface area (Å²) in [5.74, 6) is -0.757. The first-order valence-corrected chi connectivity index (χ1v) is 6.05. The quantitative estimate of drug-likeness (QED) is 0.779. The molecule has 0 aliphatic heterocycles. The second-order valence-electron chi connectivity index (χ2n) is 4.32. The monoisotopic (exact) mass is 266 g/mol. The van der Waals surface area contributed by atoms with E-state index in [-0.39, 0.29) is 24.2 Å². The largest absolute Gasteiger partial charge is 0.476 e. The Kier molecular flexibility index (Phi) is 5.23. The zero-order chi connectivity index (χ0) is 14.4. The van der Waals surface area contributed by atoms with Gasteiger partial charge in [-0.3, -0.25) is 4.79 Å². The average Bonchev–Trinajstić information content (AvgIpc) is 2.35. The SMILES string of the molecule is CCN(CC(=O)NC(C)C)c1ccc(C(=O)O)nn1. The van der Waals surface area contributed by atoms with Crippen LogP contribution in [0.15, 0.2) is 12.1 Å². The molecule has 7 heteroatoms. The van der Waals surface area contributed by atoms with Gasteiger partial charge in [0.05, 0.1) is 6.54 Å². The lowest BCUT2D eigenvalue weighted by atomic mass is 10.3. The van der Waals surface area contributed by atoms with Crippen LogP contribution >= 0.6 is 0 Å². The molecule has 0 saturated carbocycles. The molecule has 0 atom stereocenters. The minimum atomic E-state index is -1.13. The maximum Gasteiger partial charge on any atom is 0.356 e. The first kappa shape index (κ1) is 14.9. The molecule has 0 aliphatic rings. The van der Waals surface area contributed by atoms with Crippen LogP contribution in [0, 0.1) is 0 Å². The third-order valence-electron chi connectivity index (χ3n) is 2.36. The highest BCUT2D eigenvalue weighted by atomic mass is 16.4. The fourth-order valence-corrected chi connectivity index (χ4v) is 1.50. The predicted octanol–water partition coefficient (Wildman–Crippen LogP) is 0.526. The number of nitrogens with zero attached hydrogens (tertiary/aromatic N) is 3. The second-order valence-corrected chi connectivity index (χ2v) is 4.32. The number of amides is 1. The van der Waals surface area contributed by atoms with Crippen LogP contribution in [0.1, 0.15) is 31.3 Å². The van der Waals surface area contributed by atoms with Crippen LogP contribution in [0.5, 0.6) is 0 Å². The van der Waals surface area contributed by atoms with E-state index in [1.165, 1.54) is 6.07 Å². The zero-order valence-corrected chi connectivity index (χ0v) is 11.3. The van der Waals surface area contributed by atoms with Gasteiger partial charge in [-0.2, -0.15) is 0 Å². The van der Waals surface area contributed by atoms with E-state index in [1.54, 1.807) is 11.0 Å². The molecule has 1 rings (SSSR count). The van der Waals surface area contributed by atoms with Crippen LogP contribution in [0.2, 0.25) is 0 Å². The maximum atomic E-state index is 11.7. The van der Waals surface area contributed by atoms with Gasteiger partial charge in [-0.15, -0.1) is 10.2 Å². The number of carbonyl (C=O) groups excluding carboxylic acids is 1. The first-order valence-electron chi connectivity index (χ1n) is 6.05. The van der Waals surface area contributed by atoms with Crippen molar-refractivity contribution >= 4 is 17.7 Å². The molecule has 1 aromatic rings. The number of hydrogen-bond donors (Lipinski definition) is 2. The highest BCUT2D eigenvalue weighted by Gasteiger charge is 2.13. The summed E-state index contributed by atoms with van der Waals surface area (Å²) >= 11 is 0. The molecule has 0 aliphatic carbocycles. The molecule has 0 unspecified atom stereocenters. The van der Waals surface area contributed by atoms with Gasteiger partial charge in [-0.05, 0) is 32.9 Å². The number of carboxylic acids is 1. The van der Waals surface area contributed by atoms with Crippen LogP contribution in [0.4, 0.5) is 5.82 Å². The van der Waals surface area contributed by atoms with E-state index < -0.39 is 5.97 Å². The normalized spacial score (nSPS) is 10.3. The van der Waals surface area contributed by atoms with Crippen LogP contribution in [-0.2, 0) is 4.79 Å². The van der Waals surface area contributed by atoms with Gasteiger partial charge < -0.3 is 15.3 Å². The Morgan fingerprint density at radius 1 is 1.37 bits per heavy atom. The van der Waals surface area contributed by atoms with E-state index in [2.05, 4.69) is 15.5 Å². The molecule has 0 spiro atoms. The first-order chi connectivity index (χ1) is 8.93. The Labute approximate surface area is 111 Å².